The Balaban J connectivity index is 1.65. The molecule has 1 saturated heterocycles. The highest BCUT2D eigenvalue weighted by Gasteiger charge is 2.33. The average molecular weight is 504 g/mol. The molecule has 4 heterocycles. The summed E-state index contributed by atoms with van der Waals surface area (Å²) in [6, 6.07) is 1.21. The second-order valence-electron chi connectivity index (χ2n) is 9.27. The van der Waals surface area contributed by atoms with Crippen LogP contribution in [-0.4, -0.2) is 52.3 Å². The van der Waals surface area contributed by atoms with E-state index in [1.807, 2.05) is 24.8 Å². The summed E-state index contributed by atoms with van der Waals surface area (Å²) in [5, 5.41) is 0. The monoisotopic (exact) mass is 503 g/mol. The number of pyridine rings is 1. The van der Waals surface area contributed by atoms with Crippen LogP contribution < -0.4 is 10.5 Å². The van der Waals surface area contributed by atoms with Crippen LogP contribution in [-0.2, 0) is 30.9 Å². The van der Waals surface area contributed by atoms with Crippen molar-refractivity contribution >= 4 is 11.8 Å². The molecule has 2 aromatic rings. The average Bonchev–Trinajstić information content (AvgIpc) is 2.86. The summed E-state index contributed by atoms with van der Waals surface area (Å²) < 4.78 is 46.7. The molecule has 7 nitrogen and oxygen atoms in total. The Morgan fingerprint density at radius 2 is 1.86 bits per heavy atom. The Hall–Kier alpha value is -3.14. The van der Waals surface area contributed by atoms with Gasteiger partial charge >= 0.3 is 6.18 Å². The van der Waals surface area contributed by atoms with Gasteiger partial charge < -0.3 is 14.5 Å². The lowest BCUT2D eigenvalue weighted by Gasteiger charge is -2.34. The SMILES string of the molecule is CC/C(C)=C(/C(C)=C\c1ncc(N2CCOCC2)c(=O)n1C)N1CCc2ncc(C(F)(F)F)cc2C1. The van der Waals surface area contributed by atoms with Crippen LogP contribution >= 0.6 is 0 Å². The van der Waals surface area contributed by atoms with Gasteiger partial charge in [-0.25, -0.2) is 4.98 Å². The number of alkyl halides is 3. The number of nitrogens with zero attached hydrogens (tertiary/aromatic N) is 5. The largest absolute Gasteiger partial charge is 0.417 e. The molecule has 194 valence electrons. The molecule has 4 rings (SSSR count). The first kappa shape index (κ1) is 25.9. The quantitative estimate of drug-likeness (QED) is 0.571. The molecule has 10 heteroatoms. The first-order valence-electron chi connectivity index (χ1n) is 12.2. The van der Waals surface area contributed by atoms with Gasteiger partial charge in [0.25, 0.3) is 5.56 Å². The number of rotatable bonds is 5. The molecule has 1 fully saturated rings. The molecular weight excluding hydrogens is 471 g/mol. The summed E-state index contributed by atoms with van der Waals surface area (Å²) in [6.07, 6.45) is 1.32. The molecule has 0 saturated carbocycles. The Bertz CT molecular complexity index is 1240. The van der Waals surface area contributed by atoms with E-state index in [1.54, 1.807) is 13.2 Å². The summed E-state index contributed by atoms with van der Waals surface area (Å²) >= 11 is 0. The molecule has 0 aromatic carbocycles. The third-order valence-electron chi connectivity index (χ3n) is 6.88. The van der Waals surface area contributed by atoms with Crippen molar-refractivity contribution in [3.8, 4) is 0 Å². The maximum Gasteiger partial charge on any atom is 0.417 e. The van der Waals surface area contributed by atoms with Crippen molar-refractivity contribution in [3.63, 3.8) is 0 Å². The zero-order valence-electron chi connectivity index (χ0n) is 21.2. The van der Waals surface area contributed by atoms with Gasteiger partial charge in [0, 0.05) is 57.2 Å². The molecule has 2 aliphatic heterocycles. The van der Waals surface area contributed by atoms with Crippen molar-refractivity contribution in [3.05, 3.63) is 68.3 Å². The van der Waals surface area contributed by atoms with E-state index >= 15 is 0 Å². The highest BCUT2D eigenvalue weighted by atomic mass is 19.4. The van der Waals surface area contributed by atoms with Crippen LogP contribution in [0.4, 0.5) is 18.9 Å². The Morgan fingerprint density at radius 3 is 2.53 bits per heavy atom. The zero-order chi connectivity index (χ0) is 26.0. The molecule has 0 spiro atoms. The molecule has 2 aliphatic rings. The van der Waals surface area contributed by atoms with E-state index in [2.05, 4.69) is 21.8 Å². The van der Waals surface area contributed by atoms with Crippen molar-refractivity contribution < 1.29 is 17.9 Å². The normalized spacial score (nSPS) is 17.7. The minimum atomic E-state index is -4.43. The molecule has 0 unspecified atom stereocenters. The predicted molar refractivity (Wildman–Crippen MR) is 133 cm³/mol. The van der Waals surface area contributed by atoms with E-state index < -0.39 is 11.7 Å². The van der Waals surface area contributed by atoms with Gasteiger partial charge in [0.2, 0.25) is 0 Å². The van der Waals surface area contributed by atoms with Gasteiger partial charge in [0.1, 0.15) is 11.5 Å². The lowest BCUT2D eigenvalue weighted by Crippen LogP contribution is -2.40. The molecule has 0 N–H and O–H groups in total. The summed E-state index contributed by atoms with van der Waals surface area (Å²) in [6.45, 7) is 9.47. The summed E-state index contributed by atoms with van der Waals surface area (Å²) in [5.41, 5.74) is 3.97. The minimum absolute atomic E-state index is 0.124. The number of hydrogen-bond donors (Lipinski definition) is 0. The zero-order valence-corrected chi connectivity index (χ0v) is 21.2. The number of fused-ring (bicyclic) bond motifs is 1. The number of hydrogen-bond acceptors (Lipinski definition) is 6. The van der Waals surface area contributed by atoms with Crippen molar-refractivity contribution in [2.24, 2.45) is 7.05 Å². The standard InChI is InChI=1S/C26H32F3N5O2/c1-5-17(2)24(34-7-6-21-19(16-34)13-20(14-30-21)26(27,28)29)18(3)12-23-31-15-22(25(35)32(23)4)33-8-10-36-11-9-33/h12-15H,5-11,16H2,1-4H3/b18-12-,24-17-. The number of aromatic nitrogens is 3. The van der Waals surface area contributed by atoms with Crippen molar-refractivity contribution in [2.45, 2.75) is 46.3 Å². The fourth-order valence-electron chi connectivity index (χ4n) is 4.76. The Morgan fingerprint density at radius 1 is 1.14 bits per heavy atom. The van der Waals surface area contributed by atoms with Gasteiger partial charge in [0.15, 0.2) is 0 Å². The van der Waals surface area contributed by atoms with Gasteiger partial charge in [0.05, 0.1) is 25.0 Å². The van der Waals surface area contributed by atoms with Crippen LogP contribution in [0.2, 0.25) is 0 Å². The lowest BCUT2D eigenvalue weighted by atomic mass is 9.99. The number of allylic oxidation sites excluding steroid dienone is 2. The fourth-order valence-corrected chi connectivity index (χ4v) is 4.76. The highest BCUT2D eigenvalue weighted by Crippen LogP contribution is 2.33. The summed E-state index contributed by atoms with van der Waals surface area (Å²) in [4.78, 5) is 25.8. The maximum atomic E-state index is 13.3. The van der Waals surface area contributed by atoms with Crippen molar-refractivity contribution in [2.75, 3.05) is 37.7 Å². The van der Waals surface area contributed by atoms with Gasteiger partial charge in [-0.1, -0.05) is 6.92 Å². The summed E-state index contributed by atoms with van der Waals surface area (Å²) in [7, 11) is 1.70. The lowest BCUT2D eigenvalue weighted by molar-refractivity contribution is -0.137. The highest BCUT2D eigenvalue weighted by molar-refractivity contribution is 5.55. The number of halogens is 3. The van der Waals surface area contributed by atoms with E-state index in [9.17, 15) is 18.0 Å². The third-order valence-corrected chi connectivity index (χ3v) is 6.88. The van der Waals surface area contributed by atoms with E-state index in [-0.39, 0.29) is 5.56 Å². The summed E-state index contributed by atoms with van der Waals surface area (Å²) in [5.74, 6) is 0.523. The van der Waals surface area contributed by atoms with E-state index in [0.717, 1.165) is 29.5 Å². The van der Waals surface area contributed by atoms with Crippen molar-refractivity contribution in [1.29, 1.82) is 0 Å². The molecule has 0 bridgehead atoms. The predicted octanol–water partition coefficient (Wildman–Crippen LogP) is 4.18. The first-order valence-corrected chi connectivity index (χ1v) is 12.2. The Kier molecular flexibility index (Phi) is 7.54. The third kappa shape index (κ3) is 5.33. The molecule has 2 aromatic heterocycles. The van der Waals surface area contributed by atoms with Gasteiger partial charge in [-0.05, 0) is 49.1 Å². The molecule has 0 amide bonds. The van der Waals surface area contributed by atoms with Gasteiger partial charge in [-0.15, -0.1) is 0 Å². The smallest absolute Gasteiger partial charge is 0.378 e. The van der Waals surface area contributed by atoms with Gasteiger partial charge in [-0.3, -0.25) is 14.3 Å². The van der Waals surface area contributed by atoms with Crippen LogP contribution in [0.15, 0.2) is 40.1 Å². The fraction of sp³-hybridized carbons (Fsp3) is 0.500. The van der Waals surface area contributed by atoms with Crippen LogP contribution in [0.5, 0.6) is 0 Å². The van der Waals surface area contributed by atoms with E-state index in [4.69, 9.17) is 4.74 Å². The topological polar surface area (TPSA) is 63.5 Å². The molecule has 36 heavy (non-hydrogen) atoms. The van der Waals surface area contributed by atoms with Crippen molar-refractivity contribution in [1.82, 2.24) is 19.4 Å². The maximum absolute atomic E-state index is 13.3. The van der Waals surface area contributed by atoms with E-state index in [1.165, 1.54) is 10.6 Å². The number of anilines is 1. The van der Waals surface area contributed by atoms with Crippen LogP contribution in [0.25, 0.3) is 6.08 Å². The van der Waals surface area contributed by atoms with Crippen LogP contribution in [0.3, 0.4) is 0 Å². The molecular formula is C26H32F3N5O2. The first-order chi connectivity index (χ1) is 17.1. The minimum Gasteiger partial charge on any atom is -0.378 e. The second kappa shape index (κ2) is 10.5. The van der Waals surface area contributed by atoms with Crippen LogP contribution in [0, 0.1) is 0 Å². The van der Waals surface area contributed by atoms with Gasteiger partial charge in [-0.2, -0.15) is 13.2 Å². The number of ether oxygens (including phenoxy) is 1. The second-order valence-corrected chi connectivity index (χ2v) is 9.27. The molecule has 0 atom stereocenters. The Labute approximate surface area is 208 Å². The molecule has 0 aliphatic carbocycles. The molecule has 0 radical (unpaired) electrons. The van der Waals surface area contributed by atoms with E-state index in [0.29, 0.717) is 68.6 Å². The van der Waals surface area contributed by atoms with Crippen LogP contribution in [0.1, 0.15) is 49.8 Å². The number of morpholine rings is 1.